The van der Waals surface area contributed by atoms with Gasteiger partial charge in [-0.1, -0.05) is 19.8 Å². The van der Waals surface area contributed by atoms with Gasteiger partial charge in [-0.25, -0.2) is 9.97 Å². The molecule has 5 heteroatoms. The minimum Gasteiger partial charge on any atom is -0.382 e. The maximum Gasteiger partial charge on any atom is 0.180 e. The van der Waals surface area contributed by atoms with E-state index in [9.17, 15) is 0 Å². The van der Waals surface area contributed by atoms with Gasteiger partial charge in [-0.3, -0.25) is 0 Å². The number of rotatable bonds is 2. The molecule has 0 amide bonds. The van der Waals surface area contributed by atoms with E-state index < -0.39 is 0 Å². The second-order valence-electron chi connectivity index (χ2n) is 5.59. The van der Waals surface area contributed by atoms with Crippen LogP contribution in [0.5, 0.6) is 0 Å². The van der Waals surface area contributed by atoms with Crippen molar-refractivity contribution < 1.29 is 0 Å². The summed E-state index contributed by atoms with van der Waals surface area (Å²) >= 11 is 0. The second-order valence-corrected chi connectivity index (χ2v) is 5.59. The van der Waals surface area contributed by atoms with Crippen molar-refractivity contribution in [3.63, 3.8) is 0 Å². The summed E-state index contributed by atoms with van der Waals surface area (Å²) < 4.78 is 1.95. The summed E-state index contributed by atoms with van der Waals surface area (Å²) in [5.74, 6) is 2.12. The van der Waals surface area contributed by atoms with Crippen molar-refractivity contribution >= 4 is 17.3 Å². The minimum absolute atomic E-state index is 0.531. The molecule has 2 atom stereocenters. The van der Waals surface area contributed by atoms with Crippen LogP contribution in [0.3, 0.4) is 0 Å². The molecule has 0 radical (unpaired) electrons. The van der Waals surface area contributed by atoms with E-state index in [1.807, 2.05) is 16.8 Å². The van der Waals surface area contributed by atoms with Crippen molar-refractivity contribution in [3.05, 3.63) is 18.6 Å². The van der Waals surface area contributed by atoms with E-state index in [4.69, 9.17) is 5.73 Å². The largest absolute Gasteiger partial charge is 0.382 e. The predicted octanol–water partition coefficient (Wildman–Crippen LogP) is 2.33. The topological polar surface area (TPSA) is 59.5 Å². The first-order valence-electron chi connectivity index (χ1n) is 6.99. The van der Waals surface area contributed by atoms with Gasteiger partial charge in [-0.2, -0.15) is 0 Å². The molecule has 19 heavy (non-hydrogen) atoms. The van der Waals surface area contributed by atoms with Gasteiger partial charge in [0.05, 0.1) is 6.20 Å². The highest BCUT2D eigenvalue weighted by molar-refractivity contribution is 5.66. The monoisotopic (exact) mass is 259 g/mol. The Morgan fingerprint density at radius 2 is 2.16 bits per heavy atom. The van der Waals surface area contributed by atoms with E-state index in [0.29, 0.717) is 17.8 Å². The number of nitrogen functional groups attached to an aromatic ring is 1. The van der Waals surface area contributed by atoms with Gasteiger partial charge in [0.2, 0.25) is 0 Å². The number of imidazole rings is 1. The van der Waals surface area contributed by atoms with E-state index in [0.717, 1.165) is 11.5 Å². The van der Waals surface area contributed by atoms with Crippen molar-refractivity contribution in [2.75, 3.05) is 17.7 Å². The Labute approximate surface area is 113 Å². The number of hydrogen-bond donors (Lipinski definition) is 1. The fraction of sp³-hybridized carbons (Fsp3) is 0.571. The summed E-state index contributed by atoms with van der Waals surface area (Å²) in [7, 11) is 2.11. The van der Waals surface area contributed by atoms with Crippen LogP contribution in [0.15, 0.2) is 18.6 Å². The van der Waals surface area contributed by atoms with E-state index >= 15 is 0 Å². The van der Waals surface area contributed by atoms with Crippen LogP contribution in [0.2, 0.25) is 0 Å². The summed E-state index contributed by atoms with van der Waals surface area (Å²) in [6.07, 6.45) is 10.7. The molecule has 0 aliphatic heterocycles. The van der Waals surface area contributed by atoms with E-state index in [1.54, 1.807) is 6.20 Å². The Morgan fingerprint density at radius 1 is 1.37 bits per heavy atom. The summed E-state index contributed by atoms with van der Waals surface area (Å²) in [5.41, 5.74) is 6.78. The van der Waals surface area contributed by atoms with Gasteiger partial charge in [-0.05, 0) is 18.8 Å². The Morgan fingerprint density at radius 3 is 2.95 bits per heavy atom. The number of hydrogen-bond acceptors (Lipinski definition) is 4. The van der Waals surface area contributed by atoms with Crippen molar-refractivity contribution in [3.8, 4) is 0 Å². The Hall–Kier alpha value is -1.78. The molecule has 1 saturated carbocycles. The van der Waals surface area contributed by atoms with Gasteiger partial charge in [0, 0.05) is 25.5 Å². The first kappa shape index (κ1) is 12.3. The van der Waals surface area contributed by atoms with Gasteiger partial charge in [-0.15, -0.1) is 0 Å². The molecule has 2 heterocycles. The van der Waals surface area contributed by atoms with Crippen LogP contribution in [-0.2, 0) is 0 Å². The lowest BCUT2D eigenvalue weighted by atomic mass is 9.85. The number of fused-ring (bicyclic) bond motifs is 1. The molecule has 0 spiro atoms. The predicted molar refractivity (Wildman–Crippen MR) is 77.2 cm³/mol. The first-order valence-corrected chi connectivity index (χ1v) is 6.99. The molecule has 0 bridgehead atoms. The summed E-state index contributed by atoms with van der Waals surface area (Å²) in [4.78, 5) is 11.2. The molecule has 1 fully saturated rings. The Bertz CT molecular complexity index is 576. The lowest BCUT2D eigenvalue weighted by Crippen LogP contribution is -2.39. The number of aromatic nitrogens is 3. The van der Waals surface area contributed by atoms with Crippen LogP contribution in [0.1, 0.15) is 32.6 Å². The third kappa shape index (κ3) is 2.13. The molecule has 3 rings (SSSR count). The van der Waals surface area contributed by atoms with Gasteiger partial charge in [0.15, 0.2) is 11.5 Å². The average Bonchev–Trinajstić information content (AvgIpc) is 2.85. The Kier molecular flexibility index (Phi) is 3.05. The lowest BCUT2D eigenvalue weighted by molar-refractivity contribution is 0.321. The van der Waals surface area contributed by atoms with Gasteiger partial charge in [0.25, 0.3) is 0 Å². The van der Waals surface area contributed by atoms with Crippen LogP contribution >= 0.6 is 0 Å². The molecule has 1 aliphatic rings. The van der Waals surface area contributed by atoms with Gasteiger partial charge < -0.3 is 15.0 Å². The van der Waals surface area contributed by atoms with Gasteiger partial charge in [0.1, 0.15) is 5.82 Å². The van der Waals surface area contributed by atoms with Crippen LogP contribution in [0.25, 0.3) is 5.65 Å². The molecule has 5 nitrogen and oxygen atoms in total. The molecular formula is C14H21N5. The van der Waals surface area contributed by atoms with Crippen molar-refractivity contribution in [2.24, 2.45) is 5.92 Å². The molecular weight excluding hydrogens is 238 g/mol. The van der Waals surface area contributed by atoms with Gasteiger partial charge >= 0.3 is 0 Å². The third-order valence-electron chi connectivity index (χ3n) is 4.27. The SMILES string of the molecule is CC1CCCCC1N(C)c1nc(N)cn2ccnc12. The first-order chi connectivity index (χ1) is 9.16. The third-order valence-corrected chi connectivity index (χ3v) is 4.27. The molecule has 2 aromatic heterocycles. The standard InChI is InChI=1S/C14H21N5/c1-10-5-3-4-6-11(10)18(2)14-13-16-7-8-19(13)9-12(15)17-14/h7-11H,3-6,15H2,1-2H3. The molecule has 2 aromatic rings. The zero-order chi connectivity index (χ0) is 13.4. The lowest BCUT2D eigenvalue weighted by Gasteiger charge is -2.37. The normalized spacial score (nSPS) is 23.7. The van der Waals surface area contributed by atoms with Crippen LogP contribution in [0.4, 0.5) is 11.6 Å². The molecule has 2 N–H and O–H groups in total. The summed E-state index contributed by atoms with van der Waals surface area (Å²) in [6, 6.07) is 0.531. The highest BCUT2D eigenvalue weighted by Gasteiger charge is 2.27. The fourth-order valence-electron chi connectivity index (χ4n) is 3.20. The fourth-order valence-corrected chi connectivity index (χ4v) is 3.20. The smallest absolute Gasteiger partial charge is 0.180 e. The molecule has 1 aliphatic carbocycles. The molecule has 0 saturated heterocycles. The second kappa shape index (κ2) is 4.72. The number of nitrogens with zero attached hydrogens (tertiary/aromatic N) is 4. The maximum absolute atomic E-state index is 5.90. The molecule has 0 aromatic carbocycles. The van der Waals surface area contributed by atoms with Crippen molar-refractivity contribution in [1.29, 1.82) is 0 Å². The minimum atomic E-state index is 0.531. The number of anilines is 2. The molecule has 102 valence electrons. The molecule has 2 unspecified atom stereocenters. The van der Waals surface area contributed by atoms with E-state index in [1.165, 1.54) is 25.7 Å². The summed E-state index contributed by atoms with van der Waals surface area (Å²) in [6.45, 7) is 2.33. The average molecular weight is 259 g/mol. The van der Waals surface area contributed by atoms with Crippen LogP contribution < -0.4 is 10.6 Å². The summed E-state index contributed by atoms with van der Waals surface area (Å²) in [5, 5.41) is 0. The zero-order valence-corrected chi connectivity index (χ0v) is 11.6. The van der Waals surface area contributed by atoms with Crippen molar-refractivity contribution in [1.82, 2.24) is 14.4 Å². The Balaban J connectivity index is 2.00. The van der Waals surface area contributed by atoms with Crippen molar-refractivity contribution in [2.45, 2.75) is 38.6 Å². The highest BCUT2D eigenvalue weighted by Crippen LogP contribution is 2.31. The maximum atomic E-state index is 5.90. The van der Waals surface area contributed by atoms with E-state index in [-0.39, 0.29) is 0 Å². The van der Waals surface area contributed by atoms with Crippen LogP contribution in [-0.4, -0.2) is 27.5 Å². The number of nitrogens with two attached hydrogens (primary N) is 1. The zero-order valence-electron chi connectivity index (χ0n) is 11.6. The van der Waals surface area contributed by atoms with Crippen LogP contribution in [0, 0.1) is 5.92 Å². The van der Waals surface area contributed by atoms with E-state index in [2.05, 4.69) is 28.8 Å². The highest BCUT2D eigenvalue weighted by atomic mass is 15.2. The quantitative estimate of drug-likeness (QED) is 0.899.